The number of hydrogen-bond donors (Lipinski definition) is 1. The molecule has 0 aromatic heterocycles. The van der Waals surface area contributed by atoms with E-state index in [-0.39, 0.29) is 0 Å². The quantitative estimate of drug-likeness (QED) is 0.899. The predicted molar refractivity (Wildman–Crippen MR) is 79.9 cm³/mol. The largest absolute Gasteiger partial charge is 0.496 e. The van der Waals surface area contributed by atoms with Gasteiger partial charge in [0.25, 0.3) is 0 Å². The van der Waals surface area contributed by atoms with Crippen molar-refractivity contribution in [1.82, 2.24) is 10.2 Å². The van der Waals surface area contributed by atoms with Crippen LogP contribution in [0.1, 0.15) is 18.9 Å². The topological polar surface area (TPSA) is 24.5 Å². The van der Waals surface area contributed by atoms with E-state index in [4.69, 9.17) is 16.3 Å². The predicted octanol–water partition coefficient (Wildman–Crippen LogP) is 2.78. The highest BCUT2D eigenvalue weighted by Crippen LogP contribution is 2.32. The van der Waals surface area contributed by atoms with Crippen LogP contribution < -0.4 is 10.1 Å². The number of ether oxygens (including phenoxy) is 1. The van der Waals surface area contributed by atoms with Crippen molar-refractivity contribution in [3.8, 4) is 5.75 Å². The first-order chi connectivity index (χ1) is 9.06. The van der Waals surface area contributed by atoms with E-state index in [1.807, 2.05) is 25.2 Å². The lowest BCUT2D eigenvalue weighted by atomic mass is 9.90. The Balaban J connectivity index is 2.04. The van der Waals surface area contributed by atoms with Crippen LogP contribution in [-0.4, -0.2) is 38.7 Å². The number of halogens is 1. The maximum atomic E-state index is 6.08. The number of hydrogen-bond acceptors (Lipinski definition) is 3. The summed E-state index contributed by atoms with van der Waals surface area (Å²) in [6.45, 7) is 6.56. The molecule has 1 aliphatic heterocycles. The highest BCUT2D eigenvalue weighted by atomic mass is 35.5. The fourth-order valence-corrected chi connectivity index (χ4v) is 3.14. The van der Waals surface area contributed by atoms with Gasteiger partial charge in [0.05, 0.1) is 7.11 Å². The first kappa shape index (κ1) is 14.6. The van der Waals surface area contributed by atoms with Crippen molar-refractivity contribution in [3.05, 3.63) is 28.8 Å². The summed E-state index contributed by atoms with van der Waals surface area (Å²) >= 11 is 6.08. The van der Waals surface area contributed by atoms with Gasteiger partial charge in [-0.3, -0.25) is 4.90 Å². The van der Waals surface area contributed by atoms with Gasteiger partial charge in [-0.25, -0.2) is 0 Å². The van der Waals surface area contributed by atoms with Crippen molar-refractivity contribution in [1.29, 1.82) is 0 Å². The van der Waals surface area contributed by atoms with Gasteiger partial charge >= 0.3 is 0 Å². The van der Waals surface area contributed by atoms with Crippen LogP contribution in [0, 0.1) is 5.41 Å². The molecule has 1 aromatic rings. The van der Waals surface area contributed by atoms with E-state index >= 15 is 0 Å². The normalized spacial score (nSPS) is 23.8. The number of likely N-dealkylation sites (tertiary alicyclic amines) is 1. The summed E-state index contributed by atoms with van der Waals surface area (Å²) < 4.78 is 5.41. The molecule has 0 bridgehead atoms. The van der Waals surface area contributed by atoms with Gasteiger partial charge in [-0.05, 0) is 43.6 Å². The second-order valence-electron chi connectivity index (χ2n) is 5.76. The van der Waals surface area contributed by atoms with Gasteiger partial charge in [0.1, 0.15) is 5.75 Å². The van der Waals surface area contributed by atoms with Gasteiger partial charge in [-0.15, -0.1) is 0 Å². The Kier molecular flexibility index (Phi) is 4.71. The van der Waals surface area contributed by atoms with E-state index in [1.165, 1.54) is 12.0 Å². The molecule has 1 aliphatic rings. The first-order valence-corrected chi connectivity index (χ1v) is 7.13. The Hall–Kier alpha value is -0.770. The van der Waals surface area contributed by atoms with Crippen molar-refractivity contribution in [2.75, 3.05) is 33.8 Å². The van der Waals surface area contributed by atoms with Crippen molar-refractivity contribution >= 4 is 11.6 Å². The molecule has 1 unspecified atom stereocenters. The smallest absolute Gasteiger partial charge is 0.123 e. The molecule has 4 heteroatoms. The standard InChI is InChI=1S/C15H23ClN2O/c1-15(10-17-2)6-7-18(11-15)9-12-8-13(16)4-5-14(12)19-3/h4-5,8,17H,6-7,9-11H2,1-3H3. The van der Waals surface area contributed by atoms with Crippen LogP contribution in [0.3, 0.4) is 0 Å². The second-order valence-corrected chi connectivity index (χ2v) is 6.19. The highest BCUT2D eigenvalue weighted by molar-refractivity contribution is 6.30. The number of rotatable bonds is 5. The molecule has 0 radical (unpaired) electrons. The monoisotopic (exact) mass is 282 g/mol. The molecule has 0 saturated carbocycles. The lowest BCUT2D eigenvalue weighted by molar-refractivity contribution is 0.262. The first-order valence-electron chi connectivity index (χ1n) is 6.76. The van der Waals surface area contributed by atoms with Crippen LogP contribution in [-0.2, 0) is 6.54 Å². The zero-order valence-corrected chi connectivity index (χ0v) is 12.8. The summed E-state index contributed by atoms with van der Waals surface area (Å²) in [6, 6.07) is 5.83. The Bertz CT molecular complexity index is 438. The van der Waals surface area contributed by atoms with Crippen LogP contribution >= 0.6 is 11.6 Å². The van der Waals surface area contributed by atoms with Crippen LogP contribution in [0.15, 0.2) is 18.2 Å². The van der Waals surface area contributed by atoms with Crippen molar-refractivity contribution < 1.29 is 4.74 Å². The maximum Gasteiger partial charge on any atom is 0.123 e. The van der Waals surface area contributed by atoms with Gasteiger partial charge in [0.15, 0.2) is 0 Å². The second kappa shape index (κ2) is 6.12. The molecule has 1 atom stereocenters. The van der Waals surface area contributed by atoms with Crippen molar-refractivity contribution in [2.45, 2.75) is 19.9 Å². The summed E-state index contributed by atoms with van der Waals surface area (Å²) in [5.41, 5.74) is 1.55. The molecule has 106 valence electrons. The van der Waals surface area contributed by atoms with Crippen LogP contribution in [0.5, 0.6) is 5.75 Å². The van der Waals surface area contributed by atoms with E-state index in [1.54, 1.807) is 7.11 Å². The molecule has 1 N–H and O–H groups in total. The molecular weight excluding hydrogens is 260 g/mol. The molecule has 1 aromatic carbocycles. The SMILES string of the molecule is CNCC1(C)CCN(Cc2cc(Cl)ccc2OC)C1. The summed E-state index contributed by atoms with van der Waals surface area (Å²) in [5.74, 6) is 0.923. The number of methoxy groups -OCH3 is 1. The molecule has 1 saturated heterocycles. The summed E-state index contributed by atoms with van der Waals surface area (Å²) in [7, 11) is 3.73. The van der Waals surface area contributed by atoms with Crippen LogP contribution in [0.2, 0.25) is 5.02 Å². The van der Waals surface area contributed by atoms with Gasteiger partial charge in [0.2, 0.25) is 0 Å². The van der Waals surface area contributed by atoms with Gasteiger partial charge < -0.3 is 10.1 Å². The van der Waals surface area contributed by atoms with Crippen LogP contribution in [0.4, 0.5) is 0 Å². The van der Waals surface area contributed by atoms with Crippen molar-refractivity contribution in [3.63, 3.8) is 0 Å². The van der Waals surface area contributed by atoms with E-state index in [2.05, 4.69) is 17.1 Å². The third kappa shape index (κ3) is 3.62. The van der Waals surface area contributed by atoms with E-state index in [0.29, 0.717) is 5.41 Å². The van der Waals surface area contributed by atoms with Crippen molar-refractivity contribution in [2.24, 2.45) is 5.41 Å². The number of nitrogens with one attached hydrogen (secondary N) is 1. The van der Waals surface area contributed by atoms with E-state index in [9.17, 15) is 0 Å². The van der Waals surface area contributed by atoms with Gasteiger partial charge in [-0.1, -0.05) is 18.5 Å². The minimum atomic E-state index is 0.376. The fraction of sp³-hybridized carbons (Fsp3) is 0.600. The van der Waals surface area contributed by atoms with E-state index < -0.39 is 0 Å². The lowest BCUT2D eigenvalue weighted by Crippen LogP contribution is -2.32. The Labute approximate surface area is 120 Å². The zero-order chi connectivity index (χ0) is 13.9. The van der Waals surface area contributed by atoms with Gasteiger partial charge in [-0.2, -0.15) is 0 Å². The Morgan fingerprint density at radius 1 is 1.47 bits per heavy atom. The molecule has 0 spiro atoms. The van der Waals surface area contributed by atoms with E-state index in [0.717, 1.165) is 37.0 Å². The molecule has 19 heavy (non-hydrogen) atoms. The molecule has 2 rings (SSSR count). The highest BCUT2D eigenvalue weighted by Gasteiger charge is 2.33. The summed E-state index contributed by atoms with van der Waals surface area (Å²) in [4.78, 5) is 2.48. The fourth-order valence-electron chi connectivity index (χ4n) is 2.94. The third-order valence-corrected chi connectivity index (χ3v) is 4.11. The maximum absolute atomic E-state index is 6.08. The average Bonchev–Trinajstić information content (AvgIpc) is 2.71. The molecule has 0 amide bonds. The third-order valence-electron chi connectivity index (χ3n) is 3.88. The summed E-state index contributed by atoms with van der Waals surface area (Å²) in [5, 5.41) is 4.07. The average molecular weight is 283 g/mol. The molecular formula is C15H23ClN2O. The lowest BCUT2D eigenvalue weighted by Gasteiger charge is -2.24. The zero-order valence-electron chi connectivity index (χ0n) is 12.0. The molecule has 0 aliphatic carbocycles. The van der Waals surface area contributed by atoms with Gasteiger partial charge in [0, 0.05) is 30.2 Å². The minimum absolute atomic E-state index is 0.376. The Morgan fingerprint density at radius 2 is 2.26 bits per heavy atom. The van der Waals surface area contributed by atoms with Crippen LogP contribution in [0.25, 0.3) is 0 Å². The molecule has 1 fully saturated rings. The number of benzene rings is 1. The summed E-state index contributed by atoms with van der Waals surface area (Å²) in [6.07, 6.45) is 1.23. The number of nitrogens with zero attached hydrogens (tertiary/aromatic N) is 1. The molecule has 3 nitrogen and oxygen atoms in total. The minimum Gasteiger partial charge on any atom is -0.496 e. The molecule has 1 heterocycles. The Morgan fingerprint density at radius 3 is 2.95 bits per heavy atom.